The molecule has 0 aromatic rings. The molecule has 0 radical (unpaired) electrons. The molecular weight excluding hydrogens is 408 g/mol. The Morgan fingerprint density at radius 3 is 2.28 bits per heavy atom. The van der Waals surface area contributed by atoms with Crippen LogP contribution in [0.15, 0.2) is 23.8 Å². The number of carbonyl (C=O) groups is 2. The van der Waals surface area contributed by atoms with Crippen molar-refractivity contribution in [3.63, 3.8) is 0 Å². The van der Waals surface area contributed by atoms with Crippen LogP contribution < -0.4 is 0 Å². The maximum absolute atomic E-state index is 11.0. The maximum atomic E-state index is 11.0. The minimum atomic E-state index is -0.744. The van der Waals surface area contributed by atoms with Gasteiger partial charge in [0, 0.05) is 6.42 Å². The van der Waals surface area contributed by atoms with Gasteiger partial charge >= 0.3 is 5.97 Å². The zero-order valence-electron chi connectivity index (χ0n) is 21.1. The molecule has 0 bridgehead atoms. The molecule has 0 fully saturated rings. The third kappa shape index (κ3) is 11.4. The molecule has 186 valence electrons. The highest BCUT2D eigenvalue weighted by atomic mass is 16.5. The molecule has 32 heavy (non-hydrogen) atoms. The van der Waals surface area contributed by atoms with Crippen LogP contribution in [0.4, 0.5) is 0 Å². The van der Waals surface area contributed by atoms with E-state index in [9.17, 15) is 24.9 Å². The minimum absolute atomic E-state index is 0.00463. The quantitative estimate of drug-likeness (QED) is 0.475. The van der Waals surface area contributed by atoms with Gasteiger partial charge in [-0.15, -0.1) is 0 Å². The van der Waals surface area contributed by atoms with E-state index in [1.54, 1.807) is 13.8 Å². The number of hydrogen-bond donors (Lipinski definition) is 3. The van der Waals surface area contributed by atoms with E-state index in [0.29, 0.717) is 24.2 Å². The van der Waals surface area contributed by atoms with Crippen LogP contribution in [0.3, 0.4) is 0 Å². The summed E-state index contributed by atoms with van der Waals surface area (Å²) in [6.07, 6.45) is 8.40. The van der Waals surface area contributed by atoms with Gasteiger partial charge in [-0.25, -0.2) is 0 Å². The van der Waals surface area contributed by atoms with Crippen molar-refractivity contribution in [3.05, 3.63) is 23.8 Å². The van der Waals surface area contributed by atoms with Crippen molar-refractivity contribution in [2.45, 2.75) is 98.4 Å². The van der Waals surface area contributed by atoms with Gasteiger partial charge in [0.2, 0.25) is 0 Å². The summed E-state index contributed by atoms with van der Waals surface area (Å²) in [6.45, 7) is 11.3. The summed E-state index contributed by atoms with van der Waals surface area (Å²) in [6, 6.07) is 0. The summed E-state index contributed by atoms with van der Waals surface area (Å²) in [7, 11) is 1.39. The Hall–Kier alpha value is -1.50. The molecule has 2 rings (SSSR count). The molecule has 0 saturated heterocycles. The van der Waals surface area contributed by atoms with Gasteiger partial charge in [0.1, 0.15) is 5.78 Å². The molecule has 0 amide bonds. The van der Waals surface area contributed by atoms with Gasteiger partial charge in [-0.2, -0.15) is 0 Å². The highest BCUT2D eigenvalue weighted by molar-refractivity contribution is 5.75. The fraction of sp³-hybridized carbons (Fsp3) is 0.769. The smallest absolute Gasteiger partial charge is 0.308 e. The molecule has 0 saturated carbocycles. The van der Waals surface area contributed by atoms with Crippen LogP contribution in [0, 0.1) is 23.7 Å². The molecule has 6 heteroatoms. The molecular formula is C26H46O6. The average molecular weight is 455 g/mol. The highest BCUT2D eigenvalue weighted by Crippen LogP contribution is 2.42. The lowest BCUT2D eigenvalue weighted by Gasteiger charge is -2.38. The summed E-state index contributed by atoms with van der Waals surface area (Å²) in [5.41, 5.74) is 1.23. The molecule has 2 aliphatic rings. The zero-order chi connectivity index (χ0) is 24.8. The molecule has 6 atom stereocenters. The number of Topliss-reactive ketones (excluding diaryl/α,β-unsaturated/α-hetero) is 1. The number of methoxy groups -OCH3 is 1. The number of ether oxygens (including phenoxy) is 1. The molecule has 0 heterocycles. The first-order valence-corrected chi connectivity index (χ1v) is 12.1. The van der Waals surface area contributed by atoms with Crippen LogP contribution in [0.2, 0.25) is 0 Å². The Morgan fingerprint density at radius 2 is 1.78 bits per heavy atom. The molecule has 6 nitrogen and oxygen atoms in total. The van der Waals surface area contributed by atoms with Crippen LogP contribution in [0.25, 0.3) is 0 Å². The van der Waals surface area contributed by atoms with Crippen molar-refractivity contribution in [3.8, 4) is 0 Å². The van der Waals surface area contributed by atoms with E-state index >= 15 is 0 Å². The summed E-state index contributed by atoms with van der Waals surface area (Å²) in [4.78, 5) is 21.3. The lowest BCUT2D eigenvalue weighted by Crippen LogP contribution is -2.31. The Bertz CT molecular complexity index is 609. The minimum Gasteiger partial charge on any atom is -0.469 e. The van der Waals surface area contributed by atoms with Crippen LogP contribution in [0.5, 0.6) is 0 Å². The van der Waals surface area contributed by atoms with E-state index in [1.165, 1.54) is 19.6 Å². The SMILES string of the molecule is CC.CC(=O)CC(O)CC(O)CCC1C(C)C=CC2=CC(O)CCC21.COC(=O)C(C)C. The topological polar surface area (TPSA) is 104 Å². The fourth-order valence-electron chi connectivity index (χ4n) is 4.29. The second kappa shape index (κ2) is 16.2. The van der Waals surface area contributed by atoms with Gasteiger partial charge in [-0.05, 0) is 62.4 Å². The Labute approximate surface area is 194 Å². The largest absolute Gasteiger partial charge is 0.469 e. The Kier molecular flexibility index (Phi) is 15.4. The van der Waals surface area contributed by atoms with Gasteiger partial charge < -0.3 is 20.1 Å². The third-order valence-electron chi connectivity index (χ3n) is 5.94. The molecule has 0 aromatic carbocycles. The fourth-order valence-corrected chi connectivity index (χ4v) is 4.29. The Balaban J connectivity index is 0.000000911. The predicted octanol–water partition coefficient (Wildman–Crippen LogP) is 4.22. The highest BCUT2D eigenvalue weighted by Gasteiger charge is 2.33. The summed E-state index contributed by atoms with van der Waals surface area (Å²) in [5.74, 6) is 1.20. The van der Waals surface area contributed by atoms with E-state index in [0.717, 1.165) is 19.3 Å². The Morgan fingerprint density at radius 1 is 1.16 bits per heavy atom. The second-order valence-corrected chi connectivity index (χ2v) is 9.00. The van der Waals surface area contributed by atoms with E-state index in [4.69, 9.17) is 0 Å². The number of rotatable bonds is 8. The van der Waals surface area contributed by atoms with Crippen molar-refractivity contribution < 1.29 is 29.6 Å². The van der Waals surface area contributed by atoms with Crippen LogP contribution in [0.1, 0.15) is 80.1 Å². The lowest BCUT2D eigenvalue weighted by molar-refractivity contribution is -0.144. The lowest BCUT2D eigenvalue weighted by atomic mass is 9.67. The molecule has 6 unspecified atom stereocenters. The number of hydrogen-bond acceptors (Lipinski definition) is 6. The first kappa shape index (κ1) is 30.5. The average Bonchev–Trinajstić information content (AvgIpc) is 2.73. The number of fused-ring (bicyclic) bond motifs is 1. The number of allylic oxidation sites excluding steroid dienone is 3. The van der Waals surface area contributed by atoms with Crippen LogP contribution in [-0.2, 0) is 14.3 Å². The second-order valence-electron chi connectivity index (χ2n) is 9.00. The monoisotopic (exact) mass is 454 g/mol. The molecule has 0 aromatic heterocycles. The molecule has 3 N–H and O–H groups in total. The summed E-state index contributed by atoms with van der Waals surface area (Å²) in [5, 5.41) is 29.7. The summed E-state index contributed by atoms with van der Waals surface area (Å²) < 4.78 is 4.37. The molecule has 2 aliphatic carbocycles. The first-order chi connectivity index (χ1) is 15.0. The van der Waals surface area contributed by atoms with Gasteiger partial charge in [-0.3, -0.25) is 9.59 Å². The van der Waals surface area contributed by atoms with Crippen LogP contribution in [-0.4, -0.2) is 52.5 Å². The number of carbonyl (C=O) groups excluding carboxylic acids is 2. The zero-order valence-corrected chi connectivity index (χ0v) is 21.1. The van der Waals surface area contributed by atoms with Crippen molar-refractivity contribution in [2.24, 2.45) is 23.7 Å². The molecule has 0 aliphatic heterocycles. The normalized spacial score (nSPS) is 25.8. The number of esters is 1. The van der Waals surface area contributed by atoms with Gasteiger partial charge in [-0.1, -0.05) is 52.8 Å². The van der Waals surface area contributed by atoms with Crippen molar-refractivity contribution in [1.29, 1.82) is 0 Å². The van der Waals surface area contributed by atoms with Crippen molar-refractivity contribution in [1.82, 2.24) is 0 Å². The van der Waals surface area contributed by atoms with Crippen molar-refractivity contribution in [2.75, 3.05) is 7.11 Å². The molecule has 0 spiro atoms. The van der Waals surface area contributed by atoms with Crippen molar-refractivity contribution >= 4 is 11.8 Å². The standard InChI is InChI=1S/C19H30O4.C5H10O2.C2H6/c1-12-3-4-14-10-15(21)6-8-19(14)18(12)7-5-16(22)11-17(23)9-13(2)20;1-4(2)5(6)7-3;1-2/h3-4,10,12,15-19,21-23H,5-9,11H2,1-2H3;4H,1-3H3;1-2H3. The van der Waals surface area contributed by atoms with E-state index in [-0.39, 0.29) is 36.6 Å². The van der Waals surface area contributed by atoms with E-state index in [2.05, 4.69) is 23.8 Å². The summed E-state index contributed by atoms with van der Waals surface area (Å²) >= 11 is 0. The number of aliphatic hydroxyl groups is 3. The predicted molar refractivity (Wildman–Crippen MR) is 128 cm³/mol. The van der Waals surface area contributed by atoms with Crippen LogP contribution >= 0.6 is 0 Å². The van der Waals surface area contributed by atoms with E-state index < -0.39 is 12.2 Å². The number of ketones is 1. The number of aliphatic hydroxyl groups excluding tert-OH is 3. The van der Waals surface area contributed by atoms with Gasteiger partial charge in [0.25, 0.3) is 0 Å². The van der Waals surface area contributed by atoms with E-state index in [1.807, 2.05) is 19.9 Å². The first-order valence-electron chi connectivity index (χ1n) is 12.1. The van der Waals surface area contributed by atoms with Gasteiger partial charge in [0.15, 0.2) is 0 Å². The van der Waals surface area contributed by atoms with Gasteiger partial charge in [0.05, 0.1) is 31.3 Å². The third-order valence-corrected chi connectivity index (χ3v) is 5.94. The maximum Gasteiger partial charge on any atom is 0.308 e.